The summed E-state index contributed by atoms with van der Waals surface area (Å²) >= 11 is 0. The molecule has 0 amide bonds. The van der Waals surface area contributed by atoms with Crippen LogP contribution in [0.4, 0.5) is 13.2 Å². The second-order valence-corrected chi connectivity index (χ2v) is 9.13. The Morgan fingerprint density at radius 3 is 2.12 bits per heavy atom. The van der Waals surface area contributed by atoms with E-state index in [0.29, 0.717) is 18.4 Å². The number of alkyl halides is 3. The molecular formula is C18H27F3N2O2S. The summed E-state index contributed by atoms with van der Waals surface area (Å²) in [6.07, 6.45) is 0.811. The van der Waals surface area contributed by atoms with Crippen LogP contribution in [-0.4, -0.2) is 39.9 Å². The summed E-state index contributed by atoms with van der Waals surface area (Å²) in [6.45, 7) is 1.40. The van der Waals surface area contributed by atoms with Crippen molar-refractivity contribution < 1.29 is 21.6 Å². The highest BCUT2D eigenvalue weighted by Crippen LogP contribution is 2.32. The molecule has 0 radical (unpaired) electrons. The van der Waals surface area contributed by atoms with Gasteiger partial charge in [-0.3, -0.25) is 0 Å². The summed E-state index contributed by atoms with van der Waals surface area (Å²) in [7, 11) is -0.328. The highest BCUT2D eigenvalue weighted by atomic mass is 32.2. The Morgan fingerprint density at radius 2 is 1.62 bits per heavy atom. The molecule has 1 aliphatic rings. The van der Waals surface area contributed by atoms with E-state index in [-0.39, 0.29) is 4.90 Å². The van der Waals surface area contributed by atoms with Gasteiger partial charge in [0.05, 0.1) is 10.5 Å². The number of benzene rings is 1. The highest BCUT2D eigenvalue weighted by molar-refractivity contribution is 7.89. The Hall–Kier alpha value is -1.12. The number of hydrogen-bond donors (Lipinski definition) is 1. The fourth-order valence-electron chi connectivity index (χ4n) is 3.49. The molecule has 1 N–H and O–H groups in total. The van der Waals surface area contributed by atoms with Crippen molar-refractivity contribution >= 4 is 10.0 Å². The van der Waals surface area contributed by atoms with Crippen LogP contribution in [0.5, 0.6) is 0 Å². The normalized spacial score (nSPS) is 21.9. The summed E-state index contributed by atoms with van der Waals surface area (Å²) in [5, 5.41) is 3.20. The molecule has 1 saturated carbocycles. The second kappa shape index (κ2) is 8.71. The second-order valence-electron chi connectivity index (χ2n) is 7.08. The maximum Gasteiger partial charge on any atom is 0.416 e. The minimum absolute atomic E-state index is 0.106. The van der Waals surface area contributed by atoms with Crippen molar-refractivity contribution in [3.05, 3.63) is 29.8 Å². The molecule has 1 aromatic rings. The van der Waals surface area contributed by atoms with Gasteiger partial charge < -0.3 is 5.32 Å². The predicted octanol–water partition coefficient (Wildman–Crippen LogP) is 3.74. The van der Waals surface area contributed by atoms with E-state index >= 15 is 0 Å². The van der Waals surface area contributed by atoms with Gasteiger partial charge in [-0.2, -0.15) is 13.2 Å². The number of sulfonamides is 1. The van der Waals surface area contributed by atoms with E-state index in [1.807, 2.05) is 7.05 Å². The van der Waals surface area contributed by atoms with Gasteiger partial charge in [0, 0.05) is 13.6 Å². The molecule has 1 aliphatic carbocycles. The standard InChI is InChI=1S/C18H27F3N2O2S/c1-22-13-15-5-3-14(4-6-15)11-12-23(2)26(24,25)17-9-7-16(8-10-17)18(19,20)21/h7-10,14-15,22H,3-6,11-13H2,1-2H3. The molecule has 0 atom stereocenters. The minimum atomic E-state index is -4.47. The number of halogens is 3. The Kier molecular flexibility index (Phi) is 7.10. The molecule has 2 rings (SSSR count). The molecule has 4 nitrogen and oxygen atoms in total. The van der Waals surface area contributed by atoms with Gasteiger partial charge in [-0.15, -0.1) is 0 Å². The van der Waals surface area contributed by atoms with Crippen molar-refractivity contribution in [2.45, 2.75) is 43.2 Å². The van der Waals surface area contributed by atoms with Crippen LogP contribution >= 0.6 is 0 Å². The third-order valence-electron chi connectivity index (χ3n) is 5.20. The predicted molar refractivity (Wildman–Crippen MR) is 95.3 cm³/mol. The molecule has 148 valence electrons. The van der Waals surface area contributed by atoms with E-state index in [9.17, 15) is 21.6 Å². The molecule has 0 aliphatic heterocycles. The Balaban J connectivity index is 1.91. The van der Waals surface area contributed by atoms with Gasteiger partial charge in [-0.1, -0.05) is 12.8 Å². The zero-order valence-electron chi connectivity index (χ0n) is 15.2. The Morgan fingerprint density at radius 1 is 1.08 bits per heavy atom. The quantitative estimate of drug-likeness (QED) is 0.769. The molecular weight excluding hydrogens is 365 g/mol. The first-order chi connectivity index (χ1) is 12.1. The summed E-state index contributed by atoms with van der Waals surface area (Å²) in [6, 6.07) is 3.67. The van der Waals surface area contributed by atoms with Gasteiger partial charge in [-0.25, -0.2) is 12.7 Å². The molecule has 8 heteroatoms. The van der Waals surface area contributed by atoms with E-state index in [0.717, 1.165) is 62.9 Å². The van der Waals surface area contributed by atoms with Crippen LogP contribution in [-0.2, 0) is 16.2 Å². The molecule has 0 heterocycles. The first-order valence-corrected chi connectivity index (χ1v) is 10.4. The molecule has 0 spiro atoms. The van der Waals surface area contributed by atoms with Crippen LogP contribution < -0.4 is 5.32 Å². The summed E-state index contributed by atoms with van der Waals surface area (Å²) < 4.78 is 64.2. The number of rotatable bonds is 7. The van der Waals surface area contributed by atoms with E-state index < -0.39 is 21.8 Å². The summed E-state index contributed by atoms with van der Waals surface area (Å²) in [5.41, 5.74) is -0.850. The molecule has 1 aromatic carbocycles. The lowest BCUT2D eigenvalue weighted by Crippen LogP contribution is -2.30. The lowest BCUT2D eigenvalue weighted by molar-refractivity contribution is -0.137. The van der Waals surface area contributed by atoms with Gasteiger partial charge in [-0.05, 0) is 69.0 Å². The molecule has 1 fully saturated rings. The van der Waals surface area contributed by atoms with Gasteiger partial charge in [0.25, 0.3) is 0 Å². The van der Waals surface area contributed by atoms with Crippen molar-refractivity contribution in [1.29, 1.82) is 0 Å². The smallest absolute Gasteiger partial charge is 0.319 e. The van der Waals surface area contributed by atoms with Crippen LogP contribution in [0.2, 0.25) is 0 Å². The maximum atomic E-state index is 12.6. The molecule has 0 saturated heterocycles. The monoisotopic (exact) mass is 392 g/mol. The average Bonchev–Trinajstić information content (AvgIpc) is 2.60. The Bertz CT molecular complexity index is 667. The average molecular weight is 392 g/mol. The molecule has 0 unspecified atom stereocenters. The number of nitrogens with zero attached hydrogens (tertiary/aromatic N) is 1. The first kappa shape index (κ1) is 21.2. The van der Waals surface area contributed by atoms with Crippen LogP contribution in [0.1, 0.15) is 37.7 Å². The lowest BCUT2D eigenvalue weighted by Gasteiger charge is -2.29. The van der Waals surface area contributed by atoms with E-state index in [2.05, 4.69) is 5.32 Å². The van der Waals surface area contributed by atoms with Crippen LogP contribution in [0.3, 0.4) is 0 Å². The van der Waals surface area contributed by atoms with Crippen LogP contribution in [0, 0.1) is 11.8 Å². The molecule has 26 heavy (non-hydrogen) atoms. The minimum Gasteiger partial charge on any atom is -0.319 e. The lowest BCUT2D eigenvalue weighted by atomic mass is 9.80. The van der Waals surface area contributed by atoms with E-state index in [4.69, 9.17) is 0 Å². The largest absolute Gasteiger partial charge is 0.416 e. The third kappa shape index (κ3) is 5.44. The third-order valence-corrected chi connectivity index (χ3v) is 7.07. The van der Waals surface area contributed by atoms with E-state index in [1.54, 1.807) is 0 Å². The Labute approximate surface area is 153 Å². The van der Waals surface area contributed by atoms with Crippen molar-refractivity contribution in [1.82, 2.24) is 9.62 Å². The summed E-state index contributed by atoms with van der Waals surface area (Å²) in [4.78, 5) is -0.106. The van der Waals surface area contributed by atoms with Crippen LogP contribution in [0.15, 0.2) is 29.2 Å². The van der Waals surface area contributed by atoms with Gasteiger partial charge in [0.15, 0.2) is 0 Å². The topological polar surface area (TPSA) is 49.4 Å². The zero-order chi connectivity index (χ0) is 19.4. The number of hydrogen-bond acceptors (Lipinski definition) is 3. The SMILES string of the molecule is CNCC1CCC(CCN(C)S(=O)(=O)c2ccc(C(F)(F)F)cc2)CC1. The van der Waals surface area contributed by atoms with Crippen molar-refractivity contribution in [3.8, 4) is 0 Å². The first-order valence-electron chi connectivity index (χ1n) is 8.92. The van der Waals surface area contributed by atoms with Crippen molar-refractivity contribution in [2.75, 3.05) is 27.2 Å². The molecule has 0 aromatic heterocycles. The van der Waals surface area contributed by atoms with Crippen molar-refractivity contribution in [2.24, 2.45) is 11.8 Å². The summed E-state index contributed by atoms with van der Waals surface area (Å²) in [5.74, 6) is 1.21. The molecule has 0 bridgehead atoms. The zero-order valence-corrected chi connectivity index (χ0v) is 16.0. The van der Waals surface area contributed by atoms with Gasteiger partial charge >= 0.3 is 6.18 Å². The fourth-order valence-corrected chi connectivity index (χ4v) is 4.68. The van der Waals surface area contributed by atoms with Crippen molar-refractivity contribution in [3.63, 3.8) is 0 Å². The van der Waals surface area contributed by atoms with E-state index in [1.165, 1.54) is 11.4 Å². The fraction of sp³-hybridized carbons (Fsp3) is 0.667. The van der Waals surface area contributed by atoms with Gasteiger partial charge in [0.1, 0.15) is 0 Å². The van der Waals surface area contributed by atoms with Crippen LogP contribution in [0.25, 0.3) is 0 Å². The maximum absolute atomic E-state index is 12.6. The highest BCUT2D eigenvalue weighted by Gasteiger charge is 2.31. The van der Waals surface area contributed by atoms with Gasteiger partial charge in [0.2, 0.25) is 10.0 Å². The number of nitrogens with one attached hydrogen (secondary N) is 1.